The van der Waals surface area contributed by atoms with Crippen LogP contribution in [-0.2, 0) is 22.2 Å². The van der Waals surface area contributed by atoms with Gasteiger partial charge in [-0.15, -0.1) is 0 Å². The molecule has 0 fully saturated rings. The fraction of sp³-hybridized carbons (Fsp3) is 0.0714. The van der Waals surface area contributed by atoms with E-state index in [1.807, 2.05) is 49.4 Å². The van der Waals surface area contributed by atoms with Crippen LogP contribution >= 0.6 is 0 Å². The normalized spacial score (nSPS) is 11.4. The predicted molar refractivity (Wildman–Crippen MR) is 145 cm³/mol. The minimum Gasteiger partial charge on any atom is -0.398 e. The monoisotopic (exact) mass is 498 g/mol. The number of amides is 2. The molecule has 0 saturated heterocycles. The Morgan fingerprint density at radius 3 is 2.19 bits per heavy atom. The molecule has 0 radical (unpaired) electrons. The zero-order valence-electron chi connectivity index (χ0n) is 19.7. The molecule has 0 aromatic heterocycles. The summed E-state index contributed by atoms with van der Waals surface area (Å²) in [7, 11) is -1.43. The lowest BCUT2D eigenvalue weighted by Crippen LogP contribution is -2.17. The summed E-state index contributed by atoms with van der Waals surface area (Å²) in [6.07, 6.45) is 0.141. The summed E-state index contributed by atoms with van der Waals surface area (Å²) >= 11 is 0. The first-order valence-corrected chi connectivity index (χ1v) is 12.4. The molecule has 0 saturated carbocycles. The van der Waals surface area contributed by atoms with Gasteiger partial charge in [-0.2, -0.15) is 0 Å². The highest BCUT2D eigenvalue weighted by atomic mass is 32.2. The van der Waals surface area contributed by atoms with Gasteiger partial charge in [0.2, 0.25) is 5.91 Å². The largest absolute Gasteiger partial charge is 0.398 e. The van der Waals surface area contributed by atoms with Crippen LogP contribution in [0.25, 0.3) is 0 Å². The molecule has 4 rings (SSSR count). The number of benzene rings is 4. The first-order valence-electron chi connectivity index (χ1n) is 11.3. The lowest BCUT2D eigenvalue weighted by atomic mass is 10.0. The van der Waals surface area contributed by atoms with Crippen molar-refractivity contribution in [1.82, 2.24) is 0 Å². The molecular formula is C28H26N4O3S. The van der Waals surface area contributed by atoms with Gasteiger partial charge in [0.05, 0.1) is 11.3 Å². The van der Waals surface area contributed by atoms with E-state index in [1.165, 1.54) is 0 Å². The summed E-state index contributed by atoms with van der Waals surface area (Å²) < 4.78 is 15.4. The van der Waals surface area contributed by atoms with Gasteiger partial charge in [0.1, 0.15) is 11.0 Å². The molecular weight excluding hydrogens is 472 g/mol. The minimum absolute atomic E-state index is 0.141. The molecule has 2 amide bonds. The number of para-hydroxylation sites is 1. The van der Waals surface area contributed by atoms with Crippen LogP contribution in [0.4, 0.5) is 22.7 Å². The Morgan fingerprint density at radius 2 is 1.47 bits per heavy atom. The highest BCUT2D eigenvalue weighted by molar-refractivity contribution is 7.86. The molecule has 36 heavy (non-hydrogen) atoms. The Morgan fingerprint density at radius 1 is 0.778 bits per heavy atom. The predicted octanol–water partition coefficient (Wildman–Crippen LogP) is 5.15. The van der Waals surface area contributed by atoms with Gasteiger partial charge < -0.3 is 21.1 Å². The number of anilines is 4. The van der Waals surface area contributed by atoms with Crippen molar-refractivity contribution in [3.05, 3.63) is 114 Å². The molecule has 5 N–H and O–H groups in total. The molecule has 0 heterocycles. The molecule has 0 bridgehead atoms. The summed E-state index contributed by atoms with van der Waals surface area (Å²) in [6, 6.07) is 28.3. The maximum Gasteiger partial charge on any atom is 0.255 e. The van der Waals surface area contributed by atoms with Gasteiger partial charge in [-0.25, -0.2) is 4.21 Å². The maximum atomic E-state index is 12.8. The molecule has 0 aliphatic carbocycles. The maximum absolute atomic E-state index is 12.8. The first-order chi connectivity index (χ1) is 17.4. The van der Waals surface area contributed by atoms with Crippen molar-refractivity contribution in [3.63, 3.8) is 0 Å². The van der Waals surface area contributed by atoms with Gasteiger partial charge in [0.15, 0.2) is 0 Å². The second-order valence-electron chi connectivity index (χ2n) is 8.16. The standard InChI is InChI=1S/C28H26N4O3S/c1-19-7-5-12-26(29)25(19)18-27(33)30-23-11-6-8-20(17-23)28(34)31-21-13-15-24(16-14-21)36(35)32-22-9-3-2-4-10-22/h2-17,32H,18,29H2,1H3,(H,30,33)(H,31,34). The van der Waals surface area contributed by atoms with E-state index in [9.17, 15) is 13.8 Å². The highest BCUT2D eigenvalue weighted by Crippen LogP contribution is 2.20. The van der Waals surface area contributed by atoms with E-state index >= 15 is 0 Å². The lowest BCUT2D eigenvalue weighted by molar-refractivity contribution is -0.115. The van der Waals surface area contributed by atoms with E-state index in [4.69, 9.17) is 5.73 Å². The van der Waals surface area contributed by atoms with Crippen LogP contribution in [0.1, 0.15) is 21.5 Å². The number of hydrogen-bond acceptors (Lipinski definition) is 4. The zero-order chi connectivity index (χ0) is 25.5. The topological polar surface area (TPSA) is 113 Å². The van der Waals surface area contributed by atoms with Crippen molar-refractivity contribution < 1.29 is 13.8 Å². The van der Waals surface area contributed by atoms with Crippen LogP contribution in [0, 0.1) is 6.92 Å². The number of aryl methyl sites for hydroxylation is 1. The Bertz CT molecular complexity index is 1390. The lowest BCUT2D eigenvalue weighted by Gasteiger charge is -2.11. The quantitative estimate of drug-likeness (QED) is 0.252. The fourth-order valence-corrected chi connectivity index (χ4v) is 4.46. The second-order valence-corrected chi connectivity index (χ2v) is 9.38. The molecule has 1 atom stereocenters. The Hall–Kier alpha value is -4.43. The summed E-state index contributed by atoms with van der Waals surface area (Å²) in [5, 5.41) is 5.65. The van der Waals surface area contributed by atoms with Crippen molar-refractivity contribution in [1.29, 1.82) is 0 Å². The first kappa shape index (κ1) is 24.7. The van der Waals surface area contributed by atoms with Crippen LogP contribution in [0.15, 0.2) is 102 Å². The van der Waals surface area contributed by atoms with Crippen molar-refractivity contribution in [2.75, 3.05) is 21.1 Å². The molecule has 0 aliphatic rings. The van der Waals surface area contributed by atoms with E-state index in [-0.39, 0.29) is 18.2 Å². The third kappa shape index (κ3) is 6.37. The molecule has 0 spiro atoms. The third-order valence-electron chi connectivity index (χ3n) is 5.50. The SMILES string of the molecule is Cc1cccc(N)c1CC(=O)Nc1cccc(C(=O)Nc2ccc(S(=O)Nc3ccccc3)cc2)c1. The van der Waals surface area contributed by atoms with Gasteiger partial charge >= 0.3 is 0 Å². The van der Waals surface area contributed by atoms with Gasteiger partial charge in [-0.1, -0.05) is 36.4 Å². The summed E-state index contributed by atoms with van der Waals surface area (Å²) in [5.41, 5.74) is 10.5. The summed E-state index contributed by atoms with van der Waals surface area (Å²) in [4.78, 5) is 25.9. The number of carbonyl (C=O) groups excluding carboxylic acids is 2. The summed E-state index contributed by atoms with van der Waals surface area (Å²) in [6.45, 7) is 1.91. The Balaban J connectivity index is 1.36. The van der Waals surface area contributed by atoms with Crippen LogP contribution in [0.5, 0.6) is 0 Å². The number of nitrogen functional groups attached to an aromatic ring is 1. The fourth-order valence-electron chi connectivity index (χ4n) is 3.61. The summed E-state index contributed by atoms with van der Waals surface area (Å²) in [5.74, 6) is -0.549. The second kappa shape index (κ2) is 11.3. The molecule has 182 valence electrons. The minimum atomic E-state index is -1.43. The van der Waals surface area contributed by atoms with Crippen molar-refractivity contribution in [2.45, 2.75) is 18.2 Å². The van der Waals surface area contributed by atoms with Crippen LogP contribution in [0.2, 0.25) is 0 Å². The number of hydrogen-bond donors (Lipinski definition) is 4. The average Bonchev–Trinajstić information content (AvgIpc) is 2.87. The van der Waals surface area contributed by atoms with Gasteiger partial charge in [-0.05, 0) is 78.7 Å². The van der Waals surface area contributed by atoms with E-state index in [1.54, 1.807) is 54.6 Å². The van der Waals surface area contributed by atoms with E-state index in [2.05, 4.69) is 15.4 Å². The average molecular weight is 499 g/mol. The Kier molecular flexibility index (Phi) is 7.77. The van der Waals surface area contributed by atoms with Gasteiger partial charge in [-0.3, -0.25) is 9.59 Å². The van der Waals surface area contributed by atoms with Crippen molar-refractivity contribution >= 4 is 45.5 Å². The molecule has 4 aromatic carbocycles. The number of carbonyl (C=O) groups is 2. The molecule has 4 aromatic rings. The number of nitrogens with two attached hydrogens (primary N) is 1. The van der Waals surface area contributed by atoms with Gasteiger partial charge in [0.25, 0.3) is 5.91 Å². The molecule has 8 heteroatoms. The molecule has 1 unspecified atom stereocenters. The van der Waals surface area contributed by atoms with E-state index in [0.29, 0.717) is 27.5 Å². The number of nitrogens with one attached hydrogen (secondary N) is 3. The Labute approximate surface area is 212 Å². The highest BCUT2D eigenvalue weighted by Gasteiger charge is 2.12. The smallest absolute Gasteiger partial charge is 0.255 e. The molecule has 0 aliphatic heterocycles. The van der Waals surface area contributed by atoms with Crippen molar-refractivity contribution in [3.8, 4) is 0 Å². The van der Waals surface area contributed by atoms with E-state index < -0.39 is 11.0 Å². The van der Waals surface area contributed by atoms with Crippen LogP contribution in [-0.4, -0.2) is 16.0 Å². The molecule has 7 nitrogen and oxygen atoms in total. The van der Waals surface area contributed by atoms with Crippen LogP contribution in [0.3, 0.4) is 0 Å². The zero-order valence-corrected chi connectivity index (χ0v) is 20.5. The third-order valence-corrected chi connectivity index (χ3v) is 6.62. The van der Waals surface area contributed by atoms with Crippen molar-refractivity contribution in [2.24, 2.45) is 0 Å². The van der Waals surface area contributed by atoms with Crippen LogP contribution < -0.4 is 21.1 Å². The number of rotatable bonds is 8. The van der Waals surface area contributed by atoms with Gasteiger partial charge in [0, 0.05) is 28.3 Å². The van der Waals surface area contributed by atoms with E-state index in [0.717, 1.165) is 16.8 Å².